The molecule has 1 atom stereocenters. The van der Waals surface area contributed by atoms with Crippen LogP contribution >= 0.6 is 0 Å². The minimum atomic E-state index is -0.879. The summed E-state index contributed by atoms with van der Waals surface area (Å²) in [6.45, 7) is 4.31. The molecule has 1 aromatic heterocycles. The van der Waals surface area contributed by atoms with E-state index >= 15 is 0 Å². The van der Waals surface area contributed by atoms with Gasteiger partial charge in [0.25, 0.3) is 5.91 Å². The van der Waals surface area contributed by atoms with Crippen molar-refractivity contribution in [2.45, 2.75) is 38.8 Å². The molecule has 1 amide bonds. The van der Waals surface area contributed by atoms with Gasteiger partial charge in [0, 0.05) is 18.5 Å². The second-order valence-corrected chi connectivity index (χ2v) is 9.65. The first-order valence-electron chi connectivity index (χ1n) is 13.5. The van der Waals surface area contributed by atoms with Crippen LogP contribution in [0.4, 0.5) is 0 Å². The van der Waals surface area contributed by atoms with Gasteiger partial charge >= 0.3 is 0 Å². The molecular weight excluding hydrogens is 514 g/mol. The van der Waals surface area contributed by atoms with Crippen LogP contribution in [0, 0.1) is 0 Å². The number of aromatic nitrogens is 2. The number of aryl methyl sites for hydroxylation is 1. The number of ketones is 1. The van der Waals surface area contributed by atoms with E-state index in [0.717, 1.165) is 12.8 Å². The van der Waals surface area contributed by atoms with Gasteiger partial charge in [-0.1, -0.05) is 31.2 Å². The topological polar surface area (TPSA) is 117 Å². The maximum atomic E-state index is 13.9. The predicted molar refractivity (Wildman–Crippen MR) is 143 cm³/mol. The van der Waals surface area contributed by atoms with Gasteiger partial charge in [-0.05, 0) is 41.8 Å². The van der Waals surface area contributed by atoms with E-state index in [1.807, 2.05) is 23.3 Å². The summed E-state index contributed by atoms with van der Waals surface area (Å²) in [4.78, 5) is 31.2. The highest BCUT2D eigenvalue weighted by Gasteiger charge is 2.44. The number of ether oxygens (including phenoxy) is 4. The smallest absolute Gasteiger partial charge is 0.295 e. The monoisotopic (exact) mass is 547 g/mol. The Morgan fingerprint density at radius 1 is 1.10 bits per heavy atom. The van der Waals surface area contributed by atoms with E-state index in [9.17, 15) is 14.7 Å². The van der Waals surface area contributed by atoms with E-state index in [4.69, 9.17) is 18.9 Å². The molecule has 1 saturated heterocycles. The lowest BCUT2D eigenvalue weighted by molar-refractivity contribution is -0.695. The molecule has 0 aliphatic carbocycles. The highest BCUT2D eigenvalue weighted by molar-refractivity contribution is 6.46. The van der Waals surface area contributed by atoms with Gasteiger partial charge in [-0.3, -0.25) is 14.6 Å². The number of hydrogen-bond donors (Lipinski definition) is 1. The Labute approximate surface area is 232 Å². The Kier molecular flexibility index (Phi) is 8.23. The van der Waals surface area contributed by atoms with Gasteiger partial charge in [-0.15, -0.1) is 0 Å². The van der Waals surface area contributed by atoms with Crippen molar-refractivity contribution in [3.05, 3.63) is 71.8 Å². The number of hydrogen-bond acceptors (Lipinski definition) is 7. The maximum absolute atomic E-state index is 13.9. The number of carbonyl (C=O) groups is 2. The number of nitrogens with one attached hydrogen (secondary N) is 1. The first-order chi connectivity index (χ1) is 19.5. The van der Waals surface area contributed by atoms with Crippen molar-refractivity contribution in [2.24, 2.45) is 0 Å². The van der Waals surface area contributed by atoms with Crippen molar-refractivity contribution in [3.8, 4) is 23.0 Å². The van der Waals surface area contributed by atoms with Crippen LogP contribution in [0.25, 0.3) is 5.76 Å². The number of imidazole rings is 1. The van der Waals surface area contributed by atoms with Crippen molar-refractivity contribution in [3.63, 3.8) is 0 Å². The number of unbranched alkanes of at least 4 members (excludes halogenated alkanes) is 1. The van der Waals surface area contributed by atoms with E-state index in [1.165, 1.54) is 12.0 Å². The molecule has 1 N–H and O–H groups in total. The molecule has 1 fully saturated rings. The SMILES string of the molecule is CCCCOc1ccc(C2/C(=C(\[O-])c3ccc4c(c3)OCCO4)C(=O)C(=O)N2CCC[n+]2cc[nH]c2)cc1OC. The third-order valence-corrected chi connectivity index (χ3v) is 7.01. The van der Waals surface area contributed by atoms with Gasteiger partial charge in [0.2, 0.25) is 12.1 Å². The van der Waals surface area contributed by atoms with Gasteiger partial charge in [-0.25, -0.2) is 4.57 Å². The fourth-order valence-electron chi connectivity index (χ4n) is 4.97. The highest BCUT2D eigenvalue weighted by Crippen LogP contribution is 2.42. The van der Waals surface area contributed by atoms with E-state index in [-0.39, 0.29) is 17.7 Å². The van der Waals surface area contributed by atoms with Gasteiger partial charge in [0.1, 0.15) is 25.6 Å². The van der Waals surface area contributed by atoms with Crippen LogP contribution in [-0.4, -0.2) is 55.0 Å². The van der Waals surface area contributed by atoms with Crippen LogP contribution in [0.5, 0.6) is 23.0 Å². The number of aromatic amines is 1. The number of H-pyrrole nitrogens is 1. The van der Waals surface area contributed by atoms with Crippen LogP contribution < -0.4 is 28.6 Å². The number of carbonyl (C=O) groups excluding carboxylic acids is 2. The Morgan fingerprint density at radius 3 is 2.67 bits per heavy atom. The lowest BCUT2D eigenvalue weighted by atomic mass is 9.94. The summed E-state index contributed by atoms with van der Waals surface area (Å²) in [6.07, 6.45) is 7.98. The van der Waals surface area contributed by atoms with Crippen molar-refractivity contribution in [1.82, 2.24) is 9.88 Å². The molecule has 210 valence electrons. The summed E-state index contributed by atoms with van der Waals surface area (Å²) in [6, 6.07) is 9.21. The Hall–Kier alpha value is -4.47. The van der Waals surface area contributed by atoms with E-state index in [1.54, 1.807) is 36.4 Å². The summed E-state index contributed by atoms with van der Waals surface area (Å²) in [5.41, 5.74) is 0.744. The zero-order valence-electron chi connectivity index (χ0n) is 22.7. The molecule has 40 heavy (non-hydrogen) atoms. The molecule has 2 aliphatic heterocycles. The molecule has 3 aromatic rings. The summed E-state index contributed by atoms with van der Waals surface area (Å²) < 4.78 is 24.6. The van der Waals surface area contributed by atoms with E-state index in [2.05, 4.69) is 11.9 Å². The number of rotatable bonds is 11. The average Bonchev–Trinajstić information content (AvgIpc) is 3.59. The largest absolute Gasteiger partial charge is 0.872 e. The molecule has 0 saturated carbocycles. The van der Waals surface area contributed by atoms with Gasteiger partial charge in [0.05, 0.1) is 26.3 Å². The van der Waals surface area contributed by atoms with Gasteiger partial charge < -0.3 is 29.0 Å². The van der Waals surface area contributed by atoms with E-state index in [0.29, 0.717) is 61.3 Å². The first kappa shape index (κ1) is 27.1. The fraction of sp³-hybridized carbons (Fsp3) is 0.367. The molecule has 0 bridgehead atoms. The standard InChI is InChI=1S/C30H33N3O7/c1-3-4-14-38-22-8-6-20(17-24(22)37-2)27-26(28(34)21-7-9-23-25(18-21)40-16-15-39-23)29(35)30(36)33(27)12-5-11-32-13-10-31-19-32/h6-10,13,17-19,27H,3-5,11-12,14-16H2,1-2H3,(H,34,35). The molecule has 10 nitrogen and oxygen atoms in total. The number of nitrogens with zero attached hydrogens (tertiary/aromatic N) is 2. The molecular formula is C30H33N3O7. The fourth-order valence-corrected chi connectivity index (χ4v) is 4.97. The van der Waals surface area contributed by atoms with E-state index < -0.39 is 23.5 Å². The summed E-state index contributed by atoms with van der Waals surface area (Å²) in [5, 5.41) is 13.9. The quantitative estimate of drug-likeness (QED) is 0.129. The lowest BCUT2D eigenvalue weighted by Gasteiger charge is -2.28. The average molecular weight is 548 g/mol. The molecule has 1 unspecified atom stereocenters. The summed E-state index contributed by atoms with van der Waals surface area (Å²) in [5.74, 6) is -0.0364. The molecule has 2 aromatic carbocycles. The molecule has 2 aliphatic rings. The van der Waals surface area contributed by atoms with Crippen LogP contribution in [0.3, 0.4) is 0 Å². The number of fused-ring (bicyclic) bond motifs is 1. The predicted octanol–water partition coefficient (Wildman–Crippen LogP) is 2.58. The summed E-state index contributed by atoms with van der Waals surface area (Å²) in [7, 11) is 1.54. The maximum Gasteiger partial charge on any atom is 0.295 e. The van der Waals surface area contributed by atoms with Gasteiger partial charge in [-0.2, -0.15) is 0 Å². The molecule has 5 rings (SSSR count). The lowest BCUT2D eigenvalue weighted by Crippen LogP contribution is -2.36. The minimum Gasteiger partial charge on any atom is -0.872 e. The van der Waals surface area contributed by atoms with Crippen molar-refractivity contribution < 1.29 is 38.2 Å². The number of benzene rings is 2. The zero-order valence-corrected chi connectivity index (χ0v) is 22.7. The van der Waals surface area contributed by atoms with Crippen LogP contribution in [0.15, 0.2) is 60.7 Å². The number of likely N-dealkylation sites (tertiary alicyclic amines) is 1. The Bertz CT molecular complexity index is 1400. The van der Waals surface area contributed by atoms with Crippen molar-refractivity contribution in [1.29, 1.82) is 0 Å². The third-order valence-electron chi connectivity index (χ3n) is 7.01. The Morgan fingerprint density at radius 2 is 1.93 bits per heavy atom. The summed E-state index contributed by atoms with van der Waals surface area (Å²) >= 11 is 0. The second kappa shape index (κ2) is 12.1. The number of methoxy groups -OCH3 is 1. The minimum absolute atomic E-state index is 0.0994. The molecule has 0 radical (unpaired) electrons. The second-order valence-electron chi connectivity index (χ2n) is 9.65. The Balaban J connectivity index is 1.54. The zero-order chi connectivity index (χ0) is 28.1. The van der Waals surface area contributed by atoms with Crippen molar-refractivity contribution >= 4 is 17.4 Å². The van der Waals surface area contributed by atoms with Crippen LogP contribution in [0.1, 0.15) is 43.4 Å². The molecule has 10 heteroatoms. The molecule has 0 spiro atoms. The normalized spacial score (nSPS) is 17.8. The van der Waals surface area contributed by atoms with Gasteiger partial charge in [0.15, 0.2) is 23.0 Å². The first-order valence-corrected chi connectivity index (χ1v) is 13.5. The number of Topliss-reactive ketones (excluding diaryl/α,β-unsaturated/α-hetero) is 1. The van der Waals surface area contributed by atoms with Crippen molar-refractivity contribution in [2.75, 3.05) is 33.5 Å². The van der Waals surface area contributed by atoms with Crippen LogP contribution in [-0.2, 0) is 16.1 Å². The number of amides is 1. The third kappa shape index (κ3) is 5.47. The van der Waals surface area contributed by atoms with Crippen LogP contribution in [0.2, 0.25) is 0 Å². The molecule has 3 heterocycles. The highest BCUT2D eigenvalue weighted by atomic mass is 16.6.